The van der Waals surface area contributed by atoms with Crippen LogP contribution in [0.3, 0.4) is 0 Å². The van der Waals surface area contributed by atoms with E-state index in [9.17, 15) is 4.79 Å². The largest absolute Gasteiger partial charge is 0.422 e. The van der Waals surface area contributed by atoms with Gasteiger partial charge in [-0.3, -0.25) is 0 Å². The van der Waals surface area contributed by atoms with Gasteiger partial charge in [-0.15, -0.1) is 0 Å². The molecule has 0 unspecified atom stereocenters. The zero-order chi connectivity index (χ0) is 14.0. The van der Waals surface area contributed by atoms with E-state index in [2.05, 4.69) is 38.5 Å². The molecule has 2 nitrogen and oxygen atoms in total. The molecule has 0 saturated heterocycles. The van der Waals surface area contributed by atoms with Crippen molar-refractivity contribution in [1.29, 1.82) is 0 Å². The van der Waals surface area contributed by atoms with Gasteiger partial charge in [0.1, 0.15) is 5.75 Å². The summed E-state index contributed by atoms with van der Waals surface area (Å²) in [6, 6.07) is 11.1. The van der Waals surface area contributed by atoms with Gasteiger partial charge in [0.15, 0.2) is 0 Å². The average molecular weight is 431 g/mol. The molecule has 0 radical (unpaired) electrons. The minimum Gasteiger partial charge on any atom is -0.422 e. The van der Waals surface area contributed by atoms with Gasteiger partial charge in [0.05, 0.1) is 10.0 Å². The topological polar surface area (TPSA) is 26.3 Å². The lowest BCUT2D eigenvalue weighted by Gasteiger charge is -2.08. The second kappa shape index (κ2) is 6.05. The third kappa shape index (κ3) is 3.57. The molecule has 0 saturated carbocycles. The maximum absolute atomic E-state index is 12.1. The molecular formula is C15H12BrIO2. The third-order valence-corrected chi connectivity index (χ3v) is 4.48. The fourth-order valence-corrected chi connectivity index (χ4v) is 2.66. The Morgan fingerprint density at radius 3 is 2.53 bits per heavy atom. The number of carbonyl (C=O) groups is 1. The standard InChI is InChI=1S/C15H12BrIO2/c1-9-3-6-14(12(16)7-9)19-15(18)11-5-4-10(2)13(17)8-11/h3-8H,1-2H3. The lowest BCUT2D eigenvalue weighted by Crippen LogP contribution is -2.09. The molecular weight excluding hydrogens is 419 g/mol. The fraction of sp³-hybridized carbons (Fsp3) is 0.133. The fourth-order valence-electron chi connectivity index (χ4n) is 1.57. The Hall–Kier alpha value is -0.880. The van der Waals surface area contributed by atoms with Crippen molar-refractivity contribution in [2.24, 2.45) is 0 Å². The molecule has 0 N–H and O–H groups in total. The highest BCUT2D eigenvalue weighted by molar-refractivity contribution is 14.1. The van der Waals surface area contributed by atoms with Crippen molar-refractivity contribution in [2.45, 2.75) is 13.8 Å². The molecule has 0 aromatic heterocycles. The van der Waals surface area contributed by atoms with Crippen molar-refractivity contribution < 1.29 is 9.53 Å². The van der Waals surface area contributed by atoms with E-state index in [1.54, 1.807) is 12.1 Å². The molecule has 0 atom stereocenters. The Bertz CT molecular complexity index is 638. The van der Waals surface area contributed by atoms with Crippen LogP contribution in [0.25, 0.3) is 0 Å². The van der Waals surface area contributed by atoms with E-state index in [0.29, 0.717) is 11.3 Å². The van der Waals surface area contributed by atoms with Crippen molar-refractivity contribution in [2.75, 3.05) is 0 Å². The van der Waals surface area contributed by atoms with Gasteiger partial charge in [-0.25, -0.2) is 4.79 Å². The molecule has 2 aromatic carbocycles. The van der Waals surface area contributed by atoms with Gasteiger partial charge in [0, 0.05) is 3.57 Å². The minimum absolute atomic E-state index is 0.345. The van der Waals surface area contributed by atoms with Crippen LogP contribution in [-0.2, 0) is 0 Å². The van der Waals surface area contributed by atoms with E-state index in [0.717, 1.165) is 19.2 Å². The molecule has 0 spiro atoms. The van der Waals surface area contributed by atoms with Crippen LogP contribution < -0.4 is 4.74 Å². The Kier molecular flexibility index (Phi) is 4.62. The lowest BCUT2D eigenvalue weighted by molar-refractivity contribution is 0.0733. The number of carbonyl (C=O) groups excluding carboxylic acids is 1. The molecule has 4 heteroatoms. The molecule has 0 amide bonds. The van der Waals surface area contributed by atoms with Crippen LogP contribution in [0, 0.1) is 17.4 Å². The Morgan fingerprint density at radius 2 is 1.89 bits per heavy atom. The summed E-state index contributed by atoms with van der Waals surface area (Å²) in [4.78, 5) is 12.1. The normalized spacial score (nSPS) is 10.3. The van der Waals surface area contributed by atoms with Crippen molar-refractivity contribution >= 4 is 44.5 Å². The maximum Gasteiger partial charge on any atom is 0.343 e. The quantitative estimate of drug-likeness (QED) is 0.385. The third-order valence-electron chi connectivity index (χ3n) is 2.70. The molecule has 98 valence electrons. The molecule has 0 aliphatic heterocycles. The molecule has 0 aliphatic rings. The van der Waals surface area contributed by atoms with Gasteiger partial charge in [-0.2, -0.15) is 0 Å². The number of hydrogen-bond acceptors (Lipinski definition) is 2. The number of hydrogen-bond donors (Lipinski definition) is 0. The van der Waals surface area contributed by atoms with Crippen LogP contribution in [0.1, 0.15) is 21.5 Å². The van der Waals surface area contributed by atoms with Crippen molar-refractivity contribution in [3.8, 4) is 5.75 Å². The van der Waals surface area contributed by atoms with E-state index in [4.69, 9.17) is 4.74 Å². The first-order valence-electron chi connectivity index (χ1n) is 5.72. The Balaban J connectivity index is 2.23. The first-order valence-corrected chi connectivity index (χ1v) is 7.59. The maximum atomic E-state index is 12.1. The minimum atomic E-state index is -0.345. The predicted molar refractivity (Wildman–Crippen MR) is 87.7 cm³/mol. The van der Waals surface area contributed by atoms with Gasteiger partial charge >= 0.3 is 5.97 Å². The zero-order valence-electron chi connectivity index (χ0n) is 10.5. The van der Waals surface area contributed by atoms with Crippen LogP contribution >= 0.6 is 38.5 Å². The number of esters is 1. The van der Waals surface area contributed by atoms with Crippen LogP contribution in [0.15, 0.2) is 40.9 Å². The van der Waals surface area contributed by atoms with E-state index >= 15 is 0 Å². The molecule has 0 bridgehead atoms. The monoisotopic (exact) mass is 430 g/mol. The van der Waals surface area contributed by atoms with Gasteiger partial charge in [0.2, 0.25) is 0 Å². The molecule has 0 aliphatic carbocycles. The highest BCUT2D eigenvalue weighted by Crippen LogP contribution is 2.26. The predicted octanol–water partition coefficient (Wildman–Crippen LogP) is 4.89. The SMILES string of the molecule is Cc1ccc(OC(=O)c2ccc(C)c(I)c2)c(Br)c1. The number of benzene rings is 2. The number of rotatable bonds is 2. The van der Waals surface area contributed by atoms with E-state index in [1.165, 1.54) is 0 Å². The summed E-state index contributed by atoms with van der Waals surface area (Å²) in [5.74, 6) is 0.189. The highest BCUT2D eigenvalue weighted by atomic mass is 127. The molecule has 2 rings (SSSR count). The van der Waals surface area contributed by atoms with Gasteiger partial charge in [-0.1, -0.05) is 12.1 Å². The smallest absolute Gasteiger partial charge is 0.343 e. The Morgan fingerprint density at radius 1 is 1.16 bits per heavy atom. The summed E-state index contributed by atoms with van der Waals surface area (Å²) in [7, 11) is 0. The van der Waals surface area contributed by atoms with Gasteiger partial charge in [-0.05, 0) is 87.8 Å². The Labute approximate surface area is 134 Å². The first kappa shape index (κ1) is 14.5. The van der Waals surface area contributed by atoms with Gasteiger partial charge in [0.25, 0.3) is 0 Å². The summed E-state index contributed by atoms with van der Waals surface area (Å²) in [5, 5.41) is 0. The summed E-state index contributed by atoms with van der Waals surface area (Å²) in [5.41, 5.74) is 2.81. The number of ether oxygens (including phenoxy) is 1. The highest BCUT2D eigenvalue weighted by Gasteiger charge is 2.11. The van der Waals surface area contributed by atoms with Crippen LogP contribution in [-0.4, -0.2) is 5.97 Å². The molecule has 0 heterocycles. The van der Waals surface area contributed by atoms with Crippen molar-refractivity contribution in [3.05, 3.63) is 61.1 Å². The van der Waals surface area contributed by atoms with Crippen LogP contribution in [0.4, 0.5) is 0 Å². The van der Waals surface area contributed by atoms with E-state index in [1.807, 2.05) is 38.1 Å². The summed E-state index contributed by atoms with van der Waals surface area (Å²) in [6.45, 7) is 3.99. The van der Waals surface area contributed by atoms with Crippen molar-refractivity contribution in [3.63, 3.8) is 0 Å². The first-order chi connectivity index (χ1) is 8.97. The zero-order valence-corrected chi connectivity index (χ0v) is 14.3. The second-order valence-electron chi connectivity index (χ2n) is 4.29. The van der Waals surface area contributed by atoms with Crippen LogP contribution in [0.5, 0.6) is 5.75 Å². The van der Waals surface area contributed by atoms with Crippen LogP contribution in [0.2, 0.25) is 0 Å². The number of halogens is 2. The lowest BCUT2D eigenvalue weighted by atomic mass is 10.1. The molecule has 2 aromatic rings. The second-order valence-corrected chi connectivity index (χ2v) is 6.30. The number of aryl methyl sites for hydroxylation is 2. The van der Waals surface area contributed by atoms with Crippen molar-refractivity contribution in [1.82, 2.24) is 0 Å². The summed E-state index contributed by atoms with van der Waals surface area (Å²) < 4.78 is 7.22. The summed E-state index contributed by atoms with van der Waals surface area (Å²) in [6.07, 6.45) is 0. The summed E-state index contributed by atoms with van der Waals surface area (Å²) >= 11 is 5.60. The van der Waals surface area contributed by atoms with E-state index in [-0.39, 0.29) is 5.97 Å². The molecule has 0 fully saturated rings. The molecule has 19 heavy (non-hydrogen) atoms. The average Bonchev–Trinajstić information content (AvgIpc) is 2.36. The van der Waals surface area contributed by atoms with Gasteiger partial charge < -0.3 is 4.74 Å². The van der Waals surface area contributed by atoms with E-state index < -0.39 is 0 Å².